The van der Waals surface area contributed by atoms with Crippen LogP contribution in [0.4, 0.5) is 17.1 Å². The molecule has 1 amide bonds. The minimum absolute atomic E-state index is 0.0871. The number of azo groups is 1. The van der Waals surface area contributed by atoms with E-state index in [0.717, 1.165) is 6.07 Å². The van der Waals surface area contributed by atoms with Crippen molar-refractivity contribution in [2.24, 2.45) is 10.2 Å². The summed E-state index contributed by atoms with van der Waals surface area (Å²) in [5.74, 6) is -0.681. The highest BCUT2D eigenvalue weighted by molar-refractivity contribution is 7.86. The van der Waals surface area contributed by atoms with E-state index in [1.807, 2.05) is 6.92 Å². The molecule has 0 heterocycles. The molecule has 0 bridgehead atoms. The Bertz CT molecular complexity index is 1710. The summed E-state index contributed by atoms with van der Waals surface area (Å²) in [6.45, 7) is 3.81. The first kappa shape index (κ1) is 27.3. The van der Waals surface area contributed by atoms with Gasteiger partial charge < -0.3 is 15.2 Å². The van der Waals surface area contributed by atoms with Crippen molar-refractivity contribution in [2.45, 2.75) is 18.7 Å². The number of ether oxygens (including phenoxy) is 1. The van der Waals surface area contributed by atoms with Crippen LogP contribution in [0, 0.1) is 6.92 Å². The lowest BCUT2D eigenvalue weighted by Crippen LogP contribution is -2.12. The second-order valence-electron chi connectivity index (χ2n) is 8.12. The van der Waals surface area contributed by atoms with E-state index in [4.69, 9.17) is 27.9 Å². The van der Waals surface area contributed by atoms with Crippen molar-refractivity contribution in [3.05, 3.63) is 81.8 Å². The van der Waals surface area contributed by atoms with E-state index in [9.17, 15) is 22.9 Å². The highest BCUT2D eigenvalue weighted by atomic mass is 35.5. The molecule has 0 atom stereocenters. The van der Waals surface area contributed by atoms with Crippen LogP contribution in [0.2, 0.25) is 10.0 Å². The van der Waals surface area contributed by atoms with Crippen molar-refractivity contribution in [3.63, 3.8) is 0 Å². The Morgan fingerprint density at radius 3 is 2.45 bits per heavy atom. The average Bonchev–Trinajstić information content (AvgIpc) is 2.86. The average molecular weight is 574 g/mol. The molecule has 0 spiro atoms. The summed E-state index contributed by atoms with van der Waals surface area (Å²) in [6, 6.07) is 15.4. The van der Waals surface area contributed by atoms with E-state index in [0.29, 0.717) is 39.4 Å². The Balaban J connectivity index is 1.79. The number of rotatable bonds is 7. The van der Waals surface area contributed by atoms with E-state index >= 15 is 0 Å². The molecule has 0 saturated carbocycles. The van der Waals surface area contributed by atoms with Crippen LogP contribution in [-0.2, 0) is 10.1 Å². The van der Waals surface area contributed by atoms with Crippen molar-refractivity contribution in [3.8, 4) is 11.5 Å². The lowest BCUT2D eigenvalue weighted by atomic mass is 10.0. The molecule has 0 unspecified atom stereocenters. The minimum atomic E-state index is -4.66. The number of phenols is 1. The second kappa shape index (κ2) is 11.0. The number of hydrogen-bond acceptors (Lipinski definition) is 7. The van der Waals surface area contributed by atoms with Crippen molar-refractivity contribution in [2.75, 3.05) is 11.9 Å². The Kier molecular flexibility index (Phi) is 7.89. The van der Waals surface area contributed by atoms with Gasteiger partial charge in [-0.3, -0.25) is 9.35 Å². The fourth-order valence-corrected chi connectivity index (χ4v) is 4.76. The number of aryl methyl sites for hydroxylation is 1. The summed E-state index contributed by atoms with van der Waals surface area (Å²) in [6.07, 6.45) is 0. The Morgan fingerprint density at radius 2 is 1.76 bits per heavy atom. The first-order chi connectivity index (χ1) is 18.0. The normalized spacial score (nSPS) is 11.7. The number of carbonyl (C=O) groups excluding carboxylic acids is 1. The van der Waals surface area contributed by atoms with Crippen LogP contribution in [-0.4, -0.2) is 30.6 Å². The monoisotopic (exact) mass is 573 g/mol. The van der Waals surface area contributed by atoms with E-state index in [1.165, 1.54) is 18.2 Å². The summed E-state index contributed by atoms with van der Waals surface area (Å²) in [5, 5.41) is 23.3. The number of carbonyl (C=O) groups is 1. The number of hydrogen-bond donors (Lipinski definition) is 3. The van der Waals surface area contributed by atoms with Gasteiger partial charge >= 0.3 is 0 Å². The smallest absolute Gasteiger partial charge is 0.296 e. The molecule has 4 aromatic carbocycles. The molecule has 0 aliphatic heterocycles. The van der Waals surface area contributed by atoms with Gasteiger partial charge in [0.1, 0.15) is 22.0 Å². The van der Waals surface area contributed by atoms with Gasteiger partial charge in [0, 0.05) is 16.1 Å². The number of fused-ring (bicyclic) bond motifs is 1. The second-order valence-corrected chi connectivity index (χ2v) is 10.3. The first-order valence-corrected chi connectivity index (χ1v) is 13.4. The van der Waals surface area contributed by atoms with Gasteiger partial charge in [0.15, 0.2) is 5.75 Å². The third-order valence-electron chi connectivity index (χ3n) is 5.51. The molecule has 12 heteroatoms. The van der Waals surface area contributed by atoms with Crippen LogP contribution < -0.4 is 10.1 Å². The lowest BCUT2D eigenvalue weighted by Gasteiger charge is -2.12. The summed E-state index contributed by atoms with van der Waals surface area (Å²) < 4.78 is 38.8. The molecular formula is C26H21Cl2N3O6S. The zero-order valence-corrected chi connectivity index (χ0v) is 22.4. The maximum absolute atomic E-state index is 13.1. The Hall–Kier alpha value is -3.70. The van der Waals surface area contributed by atoms with Gasteiger partial charge in [-0.05, 0) is 61.2 Å². The van der Waals surface area contributed by atoms with Gasteiger partial charge in [-0.15, -0.1) is 10.2 Å². The van der Waals surface area contributed by atoms with Crippen molar-refractivity contribution in [1.29, 1.82) is 0 Å². The molecule has 0 aliphatic carbocycles. The number of benzene rings is 4. The fraction of sp³-hybridized carbons (Fsp3) is 0.115. The molecule has 38 heavy (non-hydrogen) atoms. The molecule has 0 radical (unpaired) electrons. The standard InChI is InChI=1S/C26H21Cl2N3O6S/c1-3-37-22-9-8-16(12-20(22)28)29-26(33)18-11-15-6-4-5-7-17(15)24(25(18)32)31-30-21-13-19(27)14(2)10-23(21)38(34,35)36/h4-13,32H,3H2,1-2H3,(H,29,33)(H,34,35,36). The third kappa shape index (κ3) is 5.73. The number of phenolic OH excluding ortho intramolecular Hbond substituents is 1. The molecule has 4 rings (SSSR count). The number of nitrogens with zero attached hydrogens (tertiary/aromatic N) is 2. The number of halogens is 2. The molecule has 0 saturated heterocycles. The zero-order valence-electron chi connectivity index (χ0n) is 20.1. The quantitative estimate of drug-likeness (QED) is 0.155. The zero-order chi connectivity index (χ0) is 27.6. The number of anilines is 1. The van der Waals surface area contributed by atoms with Crippen molar-refractivity contribution < 1.29 is 27.6 Å². The fourth-order valence-electron chi connectivity index (χ4n) is 3.67. The lowest BCUT2D eigenvalue weighted by molar-refractivity contribution is 0.102. The Labute approximate surface area is 228 Å². The van der Waals surface area contributed by atoms with Crippen molar-refractivity contribution in [1.82, 2.24) is 0 Å². The Morgan fingerprint density at radius 1 is 1.03 bits per heavy atom. The molecule has 9 nitrogen and oxygen atoms in total. The molecule has 0 fully saturated rings. The molecule has 196 valence electrons. The van der Waals surface area contributed by atoms with E-state index < -0.39 is 26.7 Å². The summed E-state index contributed by atoms with van der Waals surface area (Å²) in [4.78, 5) is 12.6. The van der Waals surface area contributed by atoms with Crippen LogP contribution in [0.3, 0.4) is 0 Å². The van der Waals surface area contributed by atoms with Crippen LogP contribution >= 0.6 is 23.2 Å². The van der Waals surface area contributed by atoms with Crippen molar-refractivity contribution >= 4 is 67.1 Å². The number of aromatic hydroxyl groups is 1. The molecule has 3 N–H and O–H groups in total. The van der Waals surface area contributed by atoms with Gasteiger partial charge in [0.2, 0.25) is 0 Å². The number of nitrogens with one attached hydrogen (secondary N) is 1. The van der Waals surface area contributed by atoms with Gasteiger partial charge in [-0.25, -0.2) is 0 Å². The van der Waals surface area contributed by atoms with Gasteiger partial charge in [0.25, 0.3) is 16.0 Å². The predicted molar refractivity (Wildman–Crippen MR) is 146 cm³/mol. The first-order valence-electron chi connectivity index (χ1n) is 11.2. The maximum atomic E-state index is 13.1. The van der Waals surface area contributed by atoms with E-state index in [2.05, 4.69) is 15.5 Å². The maximum Gasteiger partial charge on any atom is 0.296 e. The van der Waals surface area contributed by atoms with E-state index in [-0.39, 0.29) is 22.0 Å². The largest absolute Gasteiger partial charge is 0.505 e. The number of amides is 1. The van der Waals surface area contributed by atoms with Crippen LogP contribution in [0.15, 0.2) is 75.8 Å². The molecule has 0 aromatic heterocycles. The summed E-state index contributed by atoms with van der Waals surface area (Å²) >= 11 is 12.3. The SMILES string of the molecule is CCOc1ccc(NC(=O)c2cc3ccccc3c(N=Nc3cc(Cl)c(C)cc3S(=O)(=O)O)c2O)cc1Cl. The highest BCUT2D eigenvalue weighted by Gasteiger charge is 2.21. The third-order valence-corrected chi connectivity index (χ3v) is 7.09. The van der Waals surface area contributed by atoms with Gasteiger partial charge in [-0.2, -0.15) is 8.42 Å². The highest BCUT2D eigenvalue weighted by Crippen LogP contribution is 2.41. The van der Waals surface area contributed by atoms with Gasteiger partial charge in [-0.1, -0.05) is 47.5 Å². The minimum Gasteiger partial charge on any atom is -0.505 e. The summed E-state index contributed by atoms with van der Waals surface area (Å²) in [5.41, 5.74) is 0.326. The van der Waals surface area contributed by atoms with E-state index in [1.54, 1.807) is 43.3 Å². The van der Waals surface area contributed by atoms with Gasteiger partial charge in [0.05, 0.1) is 17.2 Å². The predicted octanol–water partition coefficient (Wildman–Crippen LogP) is 7.47. The van der Waals surface area contributed by atoms with Crippen LogP contribution in [0.5, 0.6) is 11.5 Å². The van der Waals surface area contributed by atoms with Crippen LogP contribution in [0.1, 0.15) is 22.8 Å². The molecule has 0 aliphatic rings. The summed E-state index contributed by atoms with van der Waals surface area (Å²) in [7, 11) is -4.66. The van der Waals surface area contributed by atoms with Crippen LogP contribution in [0.25, 0.3) is 10.8 Å². The topological polar surface area (TPSA) is 138 Å². The molecular weight excluding hydrogens is 553 g/mol. The molecule has 4 aromatic rings.